The first-order chi connectivity index (χ1) is 7.29. The Bertz CT molecular complexity index is 286. The van der Waals surface area contributed by atoms with Gasteiger partial charge in [-0.1, -0.05) is 37.6 Å². The first-order valence-corrected chi connectivity index (χ1v) is 6.71. The number of rotatable bonds is 6. The second kappa shape index (κ2) is 6.91. The molecule has 1 unspecified atom stereocenters. The Morgan fingerprint density at radius 1 is 1.33 bits per heavy atom. The molecule has 1 nitrogen and oxygen atoms in total. The average Bonchev–Trinajstić information content (AvgIpc) is 2.26. The highest BCUT2D eigenvalue weighted by Crippen LogP contribution is 2.30. The molecule has 0 radical (unpaired) electrons. The van der Waals surface area contributed by atoms with E-state index in [1.54, 1.807) is 0 Å². The lowest BCUT2D eigenvalue weighted by molar-refractivity contribution is 0.880. The van der Waals surface area contributed by atoms with Gasteiger partial charge in [0.1, 0.15) is 0 Å². The number of hydrogen-bond acceptors (Lipinski definition) is 2. The highest BCUT2D eigenvalue weighted by atomic mass is 32.2. The Morgan fingerprint density at radius 3 is 2.67 bits per heavy atom. The fourth-order valence-electron chi connectivity index (χ4n) is 1.60. The number of unbranched alkanes of at least 4 members (excludes halogenated alkanes) is 1. The van der Waals surface area contributed by atoms with E-state index in [0.29, 0.717) is 5.25 Å². The molecule has 0 aliphatic heterocycles. The molecule has 0 aromatic heterocycles. The summed E-state index contributed by atoms with van der Waals surface area (Å²) in [5, 5.41) is 0.470. The molecule has 0 amide bonds. The van der Waals surface area contributed by atoms with E-state index in [-0.39, 0.29) is 0 Å². The molecule has 15 heavy (non-hydrogen) atoms. The van der Waals surface area contributed by atoms with Crippen LogP contribution < -0.4 is 5.73 Å². The fourth-order valence-corrected chi connectivity index (χ4v) is 2.92. The van der Waals surface area contributed by atoms with Gasteiger partial charge in [-0.2, -0.15) is 11.8 Å². The van der Waals surface area contributed by atoms with Gasteiger partial charge in [-0.15, -0.1) is 0 Å². The molecule has 84 valence electrons. The van der Waals surface area contributed by atoms with Crippen LogP contribution in [0.5, 0.6) is 0 Å². The van der Waals surface area contributed by atoms with Gasteiger partial charge in [0.25, 0.3) is 0 Å². The van der Waals surface area contributed by atoms with Gasteiger partial charge in [0.05, 0.1) is 0 Å². The van der Waals surface area contributed by atoms with Crippen molar-refractivity contribution in [2.75, 3.05) is 12.3 Å². The third-order valence-electron chi connectivity index (χ3n) is 2.57. The smallest absolute Gasteiger partial charge is 0.0422 e. The Balaban J connectivity index is 2.61. The summed E-state index contributed by atoms with van der Waals surface area (Å²) in [5.74, 6) is 1.21. The molecule has 0 aliphatic carbocycles. The molecule has 2 N–H and O–H groups in total. The molecule has 2 heteroatoms. The number of aryl methyl sites for hydroxylation is 1. The van der Waals surface area contributed by atoms with Crippen molar-refractivity contribution in [3.05, 3.63) is 35.4 Å². The maximum atomic E-state index is 5.84. The van der Waals surface area contributed by atoms with Crippen molar-refractivity contribution in [2.24, 2.45) is 5.73 Å². The van der Waals surface area contributed by atoms with Crippen LogP contribution in [0, 0.1) is 6.92 Å². The third-order valence-corrected chi connectivity index (χ3v) is 3.94. The summed E-state index contributed by atoms with van der Waals surface area (Å²) >= 11 is 1.99. The van der Waals surface area contributed by atoms with Crippen LogP contribution in [0.15, 0.2) is 24.3 Å². The van der Waals surface area contributed by atoms with Crippen LogP contribution in [-0.2, 0) is 0 Å². The predicted octanol–water partition coefficient (Wildman–Crippen LogP) is 3.53. The first-order valence-electron chi connectivity index (χ1n) is 5.66. The van der Waals surface area contributed by atoms with E-state index in [4.69, 9.17) is 5.73 Å². The SMILES string of the molecule is CCCCSC(CN)c1ccccc1C. The topological polar surface area (TPSA) is 26.0 Å². The monoisotopic (exact) mass is 223 g/mol. The summed E-state index contributed by atoms with van der Waals surface area (Å²) in [4.78, 5) is 0. The van der Waals surface area contributed by atoms with Gasteiger partial charge in [0.2, 0.25) is 0 Å². The van der Waals surface area contributed by atoms with E-state index >= 15 is 0 Å². The quantitative estimate of drug-likeness (QED) is 0.747. The van der Waals surface area contributed by atoms with Crippen LogP contribution in [0.1, 0.15) is 36.1 Å². The molecule has 1 rings (SSSR count). The zero-order chi connectivity index (χ0) is 11.1. The average molecular weight is 223 g/mol. The maximum Gasteiger partial charge on any atom is 0.0422 e. The summed E-state index contributed by atoms with van der Waals surface area (Å²) in [6.45, 7) is 5.13. The minimum Gasteiger partial charge on any atom is -0.329 e. The Labute approximate surface area is 97.4 Å². The molecule has 1 atom stereocenters. The number of nitrogens with two attached hydrogens (primary N) is 1. The van der Waals surface area contributed by atoms with Crippen molar-refractivity contribution in [1.82, 2.24) is 0 Å². The largest absolute Gasteiger partial charge is 0.329 e. The van der Waals surface area contributed by atoms with Crippen molar-refractivity contribution >= 4 is 11.8 Å². The molecule has 1 aromatic carbocycles. The Kier molecular flexibility index (Phi) is 5.81. The fraction of sp³-hybridized carbons (Fsp3) is 0.538. The van der Waals surface area contributed by atoms with Crippen LogP contribution in [0.3, 0.4) is 0 Å². The Hall–Kier alpha value is -0.470. The zero-order valence-corrected chi connectivity index (χ0v) is 10.5. The molecule has 0 spiro atoms. The summed E-state index contributed by atoms with van der Waals surface area (Å²) in [6.07, 6.45) is 2.55. The summed E-state index contributed by atoms with van der Waals surface area (Å²) in [7, 11) is 0. The molecule has 0 heterocycles. The van der Waals surface area contributed by atoms with Crippen LogP contribution in [0.25, 0.3) is 0 Å². The zero-order valence-electron chi connectivity index (χ0n) is 9.70. The number of thioether (sulfide) groups is 1. The van der Waals surface area contributed by atoms with E-state index in [1.807, 2.05) is 11.8 Å². The summed E-state index contributed by atoms with van der Waals surface area (Å²) in [6, 6.07) is 8.55. The molecule has 0 saturated carbocycles. The lowest BCUT2D eigenvalue weighted by Crippen LogP contribution is -2.11. The van der Waals surface area contributed by atoms with E-state index in [0.717, 1.165) is 6.54 Å². The van der Waals surface area contributed by atoms with E-state index < -0.39 is 0 Å². The molecule has 0 fully saturated rings. The molecule has 0 bridgehead atoms. The Morgan fingerprint density at radius 2 is 2.07 bits per heavy atom. The lowest BCUT2D eigenvalue weighted by atomic mass is 10.1. The van der Waals surface area contributed by atoms with Gasteiger partial charge in [-0.05, 0) is 30.2 Å². The predicted molar refractivity (Wildman–Crippen MR) is 70.3 cm³/mol. The van der Waals surface area contributed by atoms with E-state index in [2.05, 4.69) is 38.1 Å². The van der Waals surface area contributed by atoms with E-state index in [9.17, 15) is 0 Å². The molecular weight excluding hydrogens is 202 g/mol. The first kappa shape index (κ1) is 12.6. The normalized spacial score (nSPS) is 12.7. The third kappa shape index (κ3) is 3.88. The summed E-state index contributed by atoms with van der Waals surface area (Å²) < 4.78 is 0. The molecular formula is C13H21NS. The van der Waals surface area contributed by atoms with Gasteiger partial charge in [-0.25, -0.2) is 0 Å². The van der Waals surface area contributed by atoms with Crippen LogP contribution in [-0.4, -0.2) is 12.3 Å². The maximum absolute atomic E-state index is 5.84. The minimum atomic E-state index is 0.470. The van der Waals surface area contributed by atoms with Gasteiger partial charge in [0.15, 0.2) is 0 Å². The number of hydrogen-bond donors (Lipinski definition) is 1. The van der Waals surface area contributed by atoms with Crippen LogP contribution >= 0.6 is 11.8 Å². The van der Waals surface area contributed by atoms with E-state index in [1.165, 1.54) is 29.7 Å². The second-order valence-electron chi connectivity index (χ2n) is 3.81. The molecule has 0 saturated heterocycles. The highest BCUT2D eigenvalue weighted by Gasteiger charge is 2.11. The van der Waals surface area contributed by atoms with Crippen LogP contribution in [0.4, 0.5) is 0 Å². The van der Waals surface area contributed by atoms with Crippen molar-refractivity contribution in [3.8, 4) is 0 Å². The summed E-state index contributed by atoms with van der Waals surface area (Å²) in [5.41, 5.74) is 8.60. The standard InChI is InChI=1S/C13H21NS/c1-3-4-9-15-13(10-14)12-8-6-5-7-11(12)2/h5-8,13H,3-4,9-10,14H2,1-2H3. The molecule has 1 aromatic rings. The van der Waals surface area contributed by atoms with Gasteiger partial charge < -0.3 is 5.73 Å². The number of benzene rings is 1. The van der Waals surface area contributed by atoms with Gasteiger partial charge in [0, 0.05) is 11.8 Å². The lowest BCUT2D eigenvalue weighted by Gasteiger charge is -2.16. The molecule has 0 aliphatic rings. The van der Waals surface area contributed by atoms with Gasteiger partial charge >= 0.3 is 0 Å². The van der Waals surface area contributed by atoms with Crippen molar-refractivity contribution in [2.45, 2.75) is 31.9 Å². The van der Waals surface area contributed by atoms with Crippen LogP contribution in [0.2, 0.25) is 0 Å². The van der Waals surface area contributed by atoms with Crippen molar-refractivity contribution < 1.29 is 0 Å². The van der Waals surface area contributed by atoms with Gasteiger partial charge in [-0.3, -0.25) is 0 Å². The highest BCUT2D eigenvalue weighted by molar-refractivity contribution is 7.99. The second-order valence-corrected chi connectivity index (χ2v) is 5.12. The minimum absolute atomic E-state index is 0.470. The van der Waals surface area contributed by atoms with Crippen molar-refractivity contribution in [1.29, 1.82) is 0 Å². The van der Waals surface area contributed by atoms with Crippen molar-refractivity contribution in [3.63, 3.8) is 0 Å².